The summed E-state index contributed by atoms with van der Waals surface area (Å²) in [5, 5.41) is 52.7. The van der Waals surface area contributed by atoms with Crippen LogP contribution in [0, 0.1) is 16.7 Å². The second-order valence-electron chi connectivity index (χ2n) is 22.4. The number of aliphatic hydroxyl groups is 2. The molecule has 9 aromatic rings. The normalized spacial score (nSPS) is 18.3. The van der Waals surface area contributed by atoms with Crippen molar-refractivity contribution in [1.29, 1.82) is 5.26 Å². The molecule has 3 heterocycles. The van der Waals surface area contributed by atoms with E-state index in [1.807, 2.05) is 209 Å². The summed E-state index contributed by atoms with van der Waals surface area (Å²) >= 11 is 1.07. The first-order valence-corrected chi connectivity index (χ1v) is 31.8. The van der Waals surface area contributed by atoms with Crippen molar-refractivity contribution in [2.45, 2.75) is 75.1 Å². The average molecular weight is 1250 g/mol. The number of imidazole rings is 1. The van der Waals surface area contributed by atoms with E-state index in [1.165, 1.54) is 17.6 Å². The highest BCUT2D eigenvalue weighted by molar-refractivity contribution is 8.13. The van der Waals surface area contributed by atoms with Crippen molar-refractivity contribution in [3.05, 3.63) is 239 Å². The van der Waals surface area contributed by atoms with Gasteiger partial charge in [-0.15, -0.1) is 5.10 Å². The first-order valence-electron chi connectivity index (χ1n) is 29.3. The van der Waals surface area contributed by atoms with Crippen LogP contribution in [0.3, 0.4) is 0 Å². The Labute approximate surface area is 528 Å². The number of aromatic nitrogens is 4. The maximum Gasteiger partial charge on any atom is 0.405 e. The van der Waals surface area contributed by atoms with Crippen LogP contribution in [-0.2, 0) is 46.4 Å². The van der Waals surface area contributed by atoms with Gasteiger partial charge in [0, 0.05) is 17.7 Å². The van der Waals surface area contributed by atoms with Gasteiger partial charge >= 0.3 is 7.75 Å². The van der Waals surface area contributed by atoms with Crippen molar-refractivity contribution in [2.24, 2.45) is 5.41 Å². The molecule has 0 saturated carbocycles. The fraction of sp³-hybridized carbons (Fsp3) is 0.290. The third-order valence-electron chi connectivity index (χ3n) is 16.7. The predicted octanol–water partition coefficient (Wildman–Crippen LogP) is 11.8. The van der Waals surface area contributed by atoms with Gasteiger partial charge in [0.05, 0.1) is 47.8 Å². The lowest BCUT2D eigenvalue weighted by atomic mass is 9.77. The molecule has 21 heteroatoms. The smallest absolute Gasteiger partial charge is 0.405 e. The molecule has 5 N–H and O–H groups in total. The summed E-state index contributed by atoms with van der Waals surface area (Å²) in [5.41, 5.74) is -2.89. The van der Waals surface area contributed by atoms with Gasteiger partial charge in [0.2, 0.25) is 11.5 Å². The predicted molar refractivity (Wildman–Crippen MR) is 346 cm³/mol. The van der Waals surface area contributed by atoms with Crippen LogP contribution < -0.4 is 34.7 Å². The minimum Gasteiger partial charge on any atom is -0.497 e. The number of anilines is 2. The number of nitrogens with zero attached hydrogens (tertiary/aromatic N) is 5. The minimum atomic E-state index is -4.30. The van der Waals surface area contributed by atoms with E-state index in [1.54, 1.807) is 28.4 Å². The molecule has 19 nitrogen and oxygen atoms in total. The van der Waals surface area contributed by atoms with Gasteiger partial charge in [-0.3, -0.25) is 13.8 Å². The van der Waals surface area contributed by atoms with E-state index in [0.717, 1.165) is 50.7 Å². The zero-order chi connectivity index (χ0) is 63.7. The minimum absolute atomic E-state index is 0.0157. The van der Waals surface area contributed by atoms with Crippen molar-refractivity contribution >= 4 is 42.0 Å². The lowest BCUT2D eigenvalue weighted by Crippen LogP contribution is -2.52. The molecule has 0 aliphatic carbocycles. The molecule has 0 amide bonds. The Morgan fingerprint density at radius 3 is 1.58 bits per heavy atom. The lowest BCUT2D eigenvalue weighted by molar-refractivity contribution is -0.118. The number of aliphatic hydroxyl groups excluding tert-OH is 1. The molecule has 1 aliphatic rings. The van der Waals surface area contributed by atoms with Gasteiger partial charge in [0.15, 0.2) is 16.6 Å². The van der Waals surface area contributed by atoms with Crippen LogP contribution in [0.1, 0.15) is 78.8 Å². The number of benzene rings is 7. The molecule has 0 radical (unpaired) electrons. The number of hydrogen-bond donors (Lipinski definition) is 5. The molecule has 90 heavy (non-hydrogen) atoms. The monoisotopic (exact) mass is 1250 g/mol. The topological polar surface area (TPSA) is 242 Å². The Morgan fingerprint density at radius 1 is 0.689 bits per heavy atom. The van der Waals surface area contributed by atoms with Gasteiger partial charge in [-0.1, -0.05) is 172 Å². The molecule has 1 fully saturated rings. The van der Waals surface area contributed by atoms with Crippen LogP contribution in [0.15, 0.2) is 194 Å². The van der Waals surface area contributed by atoms with Crippen molar-refractivity contribution in [1.82, 2.24) is 24.7 Å². The van der Waals surface area contributed by atoms with Crippen molar-refractivity contribution in [2.75, 3.05) is 58.0 Å². The summed E-state index contributed by atoms with van der Waals surface area (Å²) in [5.74, 6) is 2.75. The summed E-state index contributed by atoms with van der Waals surface area (Å²) in [6, 6.07) is 61.5. The number of methoxy groups -OCH3 is 4. The number of thioether (sulfide) groups is 1. The highest BCUT2D eigenvalue weighted by Crippen LogP contribution is 2.51. The SMILES string of the molecule is CCC(C)(C)C(=O)SCCOP(=O)(NCc1ccccc1)OC[C@H]1O[C@@](C#N)(c2cnc3c(NC(c4ccccc4)(c4ccc(OC)cc4)c4ccc(OC)cc4)nc(NC(c4ccccc4)(c4ccc(OC)cc4)c4ccc(OC)cc4)nn23)[C@](C)(O)[C@@H]1O. The fourth-order valence-corrected chi connectivity index (χ4v) is 13.4. The number of fused-ring (bicyclic) bond motifs is 1. The van der Waals surface area contributed by atoms with E-state index in [9.17, 15) is 24.8 Å². The van der Waals surface area contributed by atoms with Gasteiger partial charge < -0.3 is 44.5 Å². The summed E-state index contributed by atoms with van der Waals surface area (Å²) in [7, 11) is 2.10. The number of ether oxygens (including phenoxy) is 5. The fourth-order valence-electron chi connectivity index (χ4n) is 11.1. The quantitative estimate of drug-likeness (QED) is 0.0183. The van der Waals surface area contributed by atoms with Crippen molar-refractivity contribution in [3.8, 4) is 29.1 Å². The number of nitriles is 1. The van der Waals surface area contributed by atoms with Crippen molar-refractivity contribution < 1.29 is 52.3 Å². The van der Waals surface area contributed by atoms with Gasteiger partial charge in [-0.2, -0.15) is 10.2 Å². The molecule has 0 spiro atoms. The molecule has 1 saturated heterocycles. The molecule has 2 aromatic heterocycles. The number of carbonyl (C=O) groups is 1. The Kier molecular flexibility index (Phi) is 19.5. The molecule has 10 rings (SSSR count). The Hall–Kier alpha value is -8.61. The molecule has 0 bridgehead atoms. The second kappa shape index (κ2) is 27.2. The third kappa shape index (κ3) is 12.6. The average Bonchev–Trinajstić information content (AvgIpc) is 1.47. The van der Waals surface area contributed by atoms with Crippen LogP contribution in [0.5, 0.6) is 23.0 Å². The molecule has 5 atom stereocenters. The lowest BCUT2D eigenvalue weighted by Gasteiger charge is -2.39. The van der Waals surface area contributed by atoms with E-state index in [4.69, 9.17) is 47.8 Å². The first kappa shape index (κ1) is 64.4. The number of rotatable bonds is 27. The highest BCUT2D eigenvalue weighted by atomic mass is 32.2. The van der Waals surface area contributed by atoms with Crippen molar-refractivity contribution in [3.63, 3.8) is 0 Å². The number of nitrogens with one attached hydrogen (secondary N) is 3. The standard InChI is InChI=1S/C69H73N8O11PS/c1-9-65(2,3)63(79)90-42-41-86-89(81,72-43-47-19-13-10-14-20-47)87-45-58-60(78)66(4,80)67(46-70,88-58)59-44-71-62-61(74-68(48-21-15-11-16-22-48,50-25-33-54(82-5)34-26-50)51-27-35-55(83-6)36-28-51)73-64(76-77(59)62)75-69(49-23-17-12-18-24-49,52-29-37-56(84-7)38-30-52)53-31-39-57(85-8)40-32-53/h10-40,44,58,60,78,80H,9,41-43,45H2,1-8H3,(H,72,81)(H2,73,74,75,76)/t58-,60-,66-,67+,89?/m1/s1. The largest absolute Gasteiger partial charge is 0.497 e. The van der Waals surface area contributed by atoms with Crippen LogP contribution >= 0.6 is 19.5 Å². The Morgan fingerprint density at radius 2 is 1.13 bits per heavy atom. The summed E-state index contributed by atoms with van der Waals surface area (Å²) in [6.07, 6.45) is -1.41. The third-order valence-corrected chi connectivity index (χ3v) is 19.4. The first-order chi connectivity index (χ1) is 43.4. The maximum atomic E-state index is 14.8. The Bertz CT molecular complexity index is 3880. The summed E-state index contributed by atoms with van der Waals surface area (Å²) in [6.45, 7) is 6.20. The van der Waals surface area contributed by atoms with Crippen LogP contribution in [0.25, 0.3) is 5.65 Å². The molecular formula is C69H73N8O11PS. The zero-order valence-electron chi connectivity index (χ0n) is 51.3. The maximum absolute atomic E-state index is 14.8. The van der Waals surface area contributed by atoms with Gasteiger partial charge in [-0.25, -0.2) is 19.2 Å². The molecule has 466 valence electrons. The van der Waals surface area contributed by atoms with Gasteiger partial charge in [0.25, 0.3) is 0 Å². The number of carbonyl (C=O) groups excluding carboxylic acids is 1. The van der Waals surface area contributed by atoms with E-state index in [2.05, 4.69) is 21.8 Å². The van der Waals surface area contributed by atoms with Gasteiger partial charge in [-0.05, 0) is 101 Å². The van der Waals surface area contributed by atoms with E-state index in [-0.39, 0.29) is 47.1 Å². The zero-order valence-corrected chi connectivity index (χ0v) is 53.0. The summed E-state index contributed by atoms with van der Waals surface area (Å²) in [4.78, 5) is 23.5. The van der Waals surface area contributed by atoms with E-state index < -0.39 is 54.3 Å². The van der Waals surface area contributed by atoms with Gasteiger partial charge in [0.1, 0.15) is 63.6 Å². The van der Waals surface area contributed by atoms with Crippen LogP contribution in [0.2, 0.25) is 0 Å². The van der Waals surface area contributed by atoms with E-state index >= 15 is 0 Å². The summed E-state index contributed by atoms with van der Waals surface area (Å²) < 4.78 is 57.7. The Balaban J connectivity index is 1.15. The number of hydrogen-bond acceptors (Lipinski definition) is 18. The molecule has 7 aromatic carbocycles. The van der Waals surface area contributed by atoms with E-state index in [0.29, 0.717) is 29.4 Å². The highest BCUT2D eigenvalue weighted by Gasteiger charge is 2.66. The molecule has 1 aliphatic heterocycles. The molecule has 1 unspecified atom stereocenters. The second-order valence-corrected chi connectivity index (χ2v) is 25.3. The van der Waals surface area contributed by atoms with Crippen LogP contribution in [0.4, 0.5) is 11.8 Å². The van der Waals surface area contributed by atoms with Crippen LogP contribution in [-0.4, -0.2) is 100 Å². The molecular weight excluding hydrogens is 1180 g/mol.